The van der Waals surface area contributed by atoms with Gasteiger partial charge < -0.3 is 20.8 Å². The predicted octanol–water partition coefficient (Wildman–Crippen LogP) is 6.65. The van der Waals surface area contributed by atoms with Crippen molar-refractivity contribution in [1.82, 2.24) is 5.32 Å². The molecule has 2 aromatic rings. The number of alkyl halides is 3. The number of hydrogen-bond acceptors (Lipinski definition) is 5. The molecule has 1 saturated heterocycles. The molecular formula is C32H35ClF6N2O5. The minimum atomic E-state index is -5.08. The van der Waals surface area contributed by atoms with Gasteiger partial charge in [-0.25, -0.2) is 18.0 Å². The molecule has 1 amide bonds. The highest BCUT2D eigenvalue weighted by molar-refractivity contribution is 6.30. The summed E-state index contributed by atoms with van der Waals surface area (Å²) in [5.41, 5.74) is -1.53. The summed E-state index contributed by atoms with van der Waals surface area (Å²) in [6.07, 6.45) is -2.24. The maximum atomic E-state index is 15.8. The molecule has 3 aliphatic rings. The SMILES string of the molecule is CC(C)(C)C[C@H]1N[C@@H](C(=O)CC2CCC(O)CC2)[C@H](c2cccc(Cl)c2F)[C@@]12C(=O)Nc1cc(F)c(F)cc12.O=C(O)C(F)(F)F. The zero-order chi connectivity index (χ0) is 34.4. The fourth-order valence-electron chi connectivity index (χ4n) is 6.98. The van der Waals surface area contributed by atoms with Gasteiger partial charge in [-0.2, -0.15) is 13.2 Å². The summed E-state index contributed by atoms with van der Waals surface area (Å²) in [6.45, 7) is 5.95. The molecular weight excluding hydrogens is 642 g/mol. The number of hydrogen-bond donors (Lipinski definition) is 4. The van der Waals surface area contributed by atoms with Gasteiger partial charge in [-0.05, 0) is 66.7 Å². The quantitative estimate of drug-likeness (QED) is 0.264. The van der Waals surface area contributed by atoms with Gasteiger partial charge in [-0.15, -0.1) is 0 Å². The smallest absolute Gasteiger partial charge is 0.475 e. The van der Waals surface area contributed by atoms with Crippen LogP contribution in [0.2, 0.25) is 5.02 Å². The highest BCUT2D eigenvalue weighted by Gasteiger charge is 2.66. The number of nitrogens with one attached hydrogen (secondary N) is 2. The van der Waals surface area contributed by atoms with E-state index in [1.54, 1.807) is 6.07 Å². The van der Waals surface area contributed by atoms with Crippen molar-refractivity contribution in [1.29, 1.82) is 0 Å². The molecule has 2 aliphatic heterocycles. The van der Waals surface area contributed by atoms with E-state index >= 15 is 4.39 Å². The average Bonchev–Trinajstić information content (AvgIpc) is 3.41. The topological polar surface area (TPSA) is 116 Å². The molecule has 4 N–H and O–H groups in total. The lowest BCUT2D eigenvalue weighted by Crippen LogP contribution is -2.49. The predicted molar refractivity (Wildman–Crippen MR) is 157 cm³/mol. The summed E-state index contributed by atoms with van der Waals surface area (Å²) in [6, 6.07) is 4.76. The molecule has 2 heterocycles. The Hall–Kier alpha value is -3.16. The average molecular weight is 677 g/mol. The lowest BCUT2D eigenvalue weighted by molar-refractivity contribution is -0.192. The maximum absolute atomic E-state index is 15.8. The van der Waals surface area contributed by atoms with E-state index in [2.05, 4.69) is 10.6 Å². The number of aliphatic carboxylic acids is 1. The minimum Gasteiger partial charge on any atom is -0.475 e. The summed E-state index contributed by atoms with van der Waals surface area (Å²) in [5, 5.41) is 23.0. The van der Waals surface area contributed by atoms with E-state index < -0.39 is 58.9 Å². The number of Topliss-reactive ketones (excluding diaryl/α,β-unsaturated/α-hetero) is 1. The molecule has 4 atom stereocenters. The molecule has 46 heavy (non-hydrogen) atoms. The number of halogens is 7. The number of ketones is 1. The lowest BCUT2D eigenvalue weighted by Gasteiger charge is -2.38. The summed E-state index contributed by atoms with van der Waals surface area (Å²) < 4.78 is 76.5. The van der Waals surface area contributed by atoms with Crippen LogP contribution in [0.15, 0.2) is 30.3 Å². The highest BCUT2D eigenvalue weighted by atomic mass is 35.5. The van der Waals surface area contributed by atoms with Gasteiger partial charge in [0.25, 0.3) is 0 Å². The number of aliphatic hydroxyl groups is 1. The van der Waals surface area contributed by atoms with Crippen molar-refractivity contribution in [2.24, 2.45) is 11.3 Å². The second-order valence-corrected chi connectivity index (χ2v) is 13.8. The number of fused-ring (bicyclic) bond motifs is 2. The van der Waals surface area contributed by atoms with Gasteiger partial charge in [0.2, 0.25) is 5.91 Å². The van der Waals surface area contributed by atoms with Gasteiger partial charge in [0, 0.05) is 30.1 Å². The van der Waals surface area contributed by atoms with E-state index in [0.717, 1.165) is 12.1 Å². The largest absolute Gasteiger partial charge is 0.490 e. The number of carboxylic acids is 1. The number of amides is 1. The second-order valence-electron chi connectivity index (χ2n) is 13.4. The lowest BCUT2D eigenvalue weighted by atomic mass is 9.62. The molecule has 0 radical (unpaired) electrons. The van der Waals surface area contributed by atoms with Crippen molar-refractivity contribution in [3.63, 3.8) is 0 Å². The molecule has 14 heteroatoms. The molecule has 1 spiro atoms. The van der Waals surface area contributed by atoms with E-state index in [1.807, 2.05) is 20.8 Å². The van der Waals surface area contributed by atoms with Gasteiger partial charge in [0.1, 0.15) is 11.2 Å². The van der Waals surface area contributed by atoms with Crippen LogP contribution in [-0.4, -0.2) is 52.2 Å². The van der Waals surface area contributed by atoms with Gasteiger partial charge >= 0.3 is 12.1 Å². The normalized spacial score (nSPS) is 27.5. The first-order chi connectivity index (χ1) is 21.3. The summed E-state index contributed by atoms with van der Waals surface area (Å²) in [7, 11) is 0. The molecule has 2 aromatic carbocycles. The minimum absolute atomic E-state index is 0.0569. The van der Waals surface area contributed by atoms with E-state index in [0.29, 0.717) is 32.1 Å². The van der Waals surface area contributed by atoms with E-state index in [1.165, 1.54) is 12.1 Å². The molecule has 252 valence electrons. The van der Waals surface area contributed by atoms with Crippen molar-refractivity contribution < 1.29 is 50.9 Å². The fourth-order valence-corrected chi connectivity index (χ4v) is 7.16. The Bertz CT molecular complexity index is 1510. The Labute approximate surface area is 266 Å². The highest BCUT2D eigenvalue weighted by Crippen LogP contribution is 2.57. The molecule has 0 bridgehead atoms. The number of benzene rings is 2. The zero-order valence-electron chi connectivity index (χ0n) is 25.3. The van der Waals surface area contributed by atoms with Gasteiger partial charge in [-0.3, -0.25) is 9.59 Å². The summed E-state index contributed by atoms with van der Waals surface area (Å²) in [4.78, 5) is 37.0. The van der Waals surface area contributed by atoms with Gasteiger partial charge in [0.15, 0.2) is 17.4 Å². The van der Waals surface area contributed by atoms with Crippen molar-refractivity contribution >= 4 is 34.9 Å². The molecule has 5 rings (SSSR count). The van der Waals surface area contributed by atoms with Crippen LogP contribution in [-0.2, 0) is 19.8 Å². The third kappa shape index (κ3) is 7.06. The number of carbonyl (C=O) groups excluding carboxylic acids is 2. The number of anilines is 1. The Balaban J connectivity index is 0.000000617. The molecule has 2 fully saturated rings. The third-order valence-electron chi connectivity index (χ3n) is 8.91. The van der Waals surface area contributed by atoms with Crippen LogP contribution >= 0.6 is 11.6 Å². The van der Waals surface area contributed by atoms with Crippen LogP contribution in [0.25, 0.3) is 0 Å². The molecule has 1 saturated carbocycles. The van der Waals surface area contributed by atoms with Crippen LogP contribution in [0.1, 0.15) is 76.3 Å². The van der Waals surface area contributed by atoms with Crippen molar-refractivity contribution in [3.8, 4) is 0 Å². The number of aliphatic hydroxyl groups excluding tert-OH is 1. The fraction of sp³-hybridized carbons (Fsp3) is 0.531. The third-order valence-corrected chi connectivity index (χ3v) is 9.20. The van der Waals surface area contributed by atoms with Gasteiger partial charge in [0.05, 0.1) is 17.2 Å². The first-order valence-corrected chi connectivity index (χ1v) is 15.2. The standard InChI is InChI=1S/C30H34ClF3N2O3.C2HF3O2/c1-29(2,3)14-24-30(18-12-20(32)21(33)13-22(18)35-28(30)39)25(17-5-4-6-19(31)26(17)34)27(36-24)23(38)11-15-7-9-16(37)10-8-15;3-2(4,5)1(6)7/h4-6,12-13,15-16,24-25,27,36-37H,7-11,14H2,1-3H3,(H,35,39);(H,6,7)/t15?,16?,24-,25+,27+,30+;/m1./s1. The Morgan fingerprint density at radius 3 is 2.17 bits per heavy atom. The molecule has 7 nitrogen and oxygen atoms in total. The Kier molecular flexibility index (Phi) is 10.2. The van der Waals surface area contributed by atoms with Crippen LogP contribution in [0.4, 0.5) is 32.0 Å². The summed E-state index contributed by atoms with van der Waals surface area (Å²) >= 11 is 6.20. The van der Waals surface area contributed by atoms with E-state index in [9.17, 15) is 36.6 Å². The first-order valence-electron chi connectivity index (χ1n) is 14.8. The van der Waals surface area contributed by atoms with Crippen molar-refractivity contribution in [2.75, 3.05) is 5.32 Å². The molecule has 0 aromatic heterocycles. The Morgan fingerprint density at radius 1 is 1.02 bits per heavy atom. The monoisotopic (exact) mass is 676 g/mol. The second kappa shape index (κ2) is 13.2. The Morgan fingerprint density at radius 2 is 1.61 bits per heavy atom. The number of rotatable bonds is 5. The maximum Gasteiger partial charge on any atom is 0.490 e. The van der Waals surface area contributed by atoms with E-state index in [-0.39, 0.29) is 51.5 Å². The van der Waals surface area contributed by atoms with Crippen LogP contribution < -0.4 is 10.6 Å². The van der Waals surface area contributed by atoms with Crippen LogP contribution in [0.5, 0.6) is 0 Å². The number of carbonyl (C=O) groups is 3. The zero-order valence-corrected chi connectivity index (χ0v) is 26.0. The summed E-state index contributed by atoms with van der Waals surface area (Å²) in [5.74, 6) is -7.46. The van der Waals surface area contributed by atoms with Crippen LogP contribution in [0.3, 0.4) is 0 Å². The van der Waals surface area contributed by atoms with E-state index in [4.69, 9.17) is 21.5 Å². The van der Waals surface area contributed by atoms with Gasteiger partial charge in [-0.1, -0.05) is 44.5 Å². The van der Waals surface area contributed by atoms with Crippen molar-refractivity contribution in [3.05, 3.63) is 63.9 Å². The molecule has 1 aliphatic carbocycles. The number of carboxylic acid groups (broad SMARTS) is 1. The first kappa shape index (κ1) is 35.7. The van der Waals surface area contributed by atoms with Crippen molar-refractivity contribution in [2.45, 2.75) is 95.0 Å². The molecule has 0 unspecified atom stereocenters. The van der Waals surface area contributed by atoms with Crippen LogP contribution in [0, 0.1) is 28.8 Å².